The highest BCUT2D eigenvalue weighted by Gasteiger charge is 2.15. The number of hydrogen-bond donors (Lipinski definition) is 1. The van der Waals surface area contributed by atoms with Gasteiger partial charge in [0.25, 0.3) is 5.69 Å². The van der Waals surface area contributed by atoms with Crippen molar-refractivity contribution >= 4 is 17.8 Å². The van der Waals surface area contributed by atoms with E-state index in [4.69, 9.17) is 9.47 Å². The molecule has 0 radical (unpaired) electrons. The predicted molar refractivity (Wildman–Crippen MR) is 121 cm³/mol. The van der Waals surface area contributed by atoms with E-state index in [9.17, 15) is 19.3 Å². The summed E-state index contributed by atoms with van der Waals surface area (Å²) in [6, 6.07) is 17.2. The first kappa shape index (κ1) is 23.4. The molecule has 0 saturated heterocycles. The van der Waals surface area contributed by atoms with Crippen LogP contribution in [0.25, 0.3) is 0 Å². The van der Waals surface area contributed by atoms with E-state index >= 15 is 0 Å². The lowest BCUT2D eigenvalue weighted by Gasteiger charge is -2.12. The minimum Gasteiger partial charge on any atom is -0.490 e. The second-order valence-corrected chi connectivity index (χ2v) is 6.91. The van der Waals surface area contributed by atoms with E-state index in [0.717, 1.165) is 5.56 Å². The van der Waals surface area contributed by atoms with Crippen LogP contribution in [0, 0.1) is 15.9 Å². The molecule has 0 unspecified atom stereocenters. The lowest BCUT2D eigenvalue weighted by atomic mass is 10.1. The summed E-state index contributed by atoms with van der Waals surface area (Å²) in [7, 11) is 0. The largest absolute Gasteiger partial charge is 0.490 e. The van der Waals surface area contributed by atoms with E-state index in [1.54, 1.807) is 42.5 Å². The quantitative estimate of drug-likeness (QED) is 0.280. The number of nitrogens with zero attached hydrogens (tertiary/aromatic N) is 2. The van der Waals surface area contributed by atoms with Gasteiger partial charge in [-0.2, -0.15) is 5.10 Å². The molecule has 33 heavy (non-hydrogen) atoms. The number of carbonyl (C=O) groups excluding carboxylic acids is 1. The Balaban J connectivity index is 1.62. The monoisotopic (exact) mass is 451 g/mol. The third-order valence-corrected chi connectivity index (χ3v) is 4.52. The predicted octanol–water partition coefficient (Wildman–Crippen LogP) is 4.40. The molecular weight excluding hydrogens is 429 g/mol. The first-order valence-corrected chi connectivity index (χ1v) is 10.1. The number of ether oxygens (including phenoxy) is 2. The first-order valence-electron chi connectivity index (χ1n) is 10.1. The van der Waals surface area contributed by atoms with Crippen LogP contribution in [0.2, 0.25) is 0 Å². The van der Waals surface area contributed by atoms with Gasteiger partial charge in [-0.1, -0.05) is 30.3 Å². The summed E-state index contributed by atoms with van der Waals surface area (Å²) in [5.74, 6) is 0.213. The molecule has 0 saturated carbocycles. The molecule has 0 aromatic heterocycles. The van der Waals surface area contributed by atoms with Crippen molar-refractivity contribution < 1.29 is 23.6 Å². The molecule has 3 rings (SSSR count). The summed E-state index contributed by atoms with van der Waals surface area (Å²) in [4.78, 5) is 22.7. The van der Waals surface area contributed by atoms with Gasteiger partial charge in [-0.05, 0) is 48.4 Å². The fourth-order valence-corrected chi connectivity index (χ4v) is 2.96. The lowest BCUT2D eigenvalue weighted by molar-refractivity contribution is -0.385. The third kappa shape index (κ3) is 6.86. The molecule has 1 amide bonds. The van der Waals surface area contributed by atoms with Crippen LogP contribution in [0.5, 0.6) is 11.5 Å². The average Bonchev–Trinajstić information content (AvgIpc) is 2.80. The number of nitrogens with one attached hydrogen (secondary N) is 1. The van der Waals surface area contributed by atoms with Crippen molar-refractivity contribution in [3.05, 3.63) is 99.4 Å². The zero-order chi connectivity index (χ0) is 23.6. The van der Waals surface area contributed by atoms with Gasteiger partial charge in [0, 0.05) is 11.6 Å². The Hall–Kier alpha value is -4.27. The highest BCUT2D eigenvalue weighted by molar-refractivity contribution is 5.84. The zero-order valence-corrected chi connectivity index (χ0v) is 17.9. The topological polar surface area (TPSA) is 103 Å². The zero-order valence-electron chi connectivity index (χ0n) is 17.9. The van der Waals surface area contributed by atoms with Crippen LogP contribution in [0.3, 0.4) is 0 Å². The molecule has 0 atom stereocenters. The second-order valence-electron chi connectivity index (χ2n) is 6.91. The Morgan fingerprint density at radius 3 is 2.58 bits per heavy atom. The highest BCUT2D eigenvalue weighted by Crippen LogP contribution is 2.29. The summed E-state index contributed by atoms with van der Waals surface area (Å²) >= 11 is 0. The second kappa shape index (κ2) is 11.4. The summed E-state index contributed by atoms with van der Waals surface area (Å²) < 4.78 is 24.5. The average molecular weight is 451 g/mol. The SMILES string of the molecule is CCOc1cc(/C=N/NC(=O)Cc2ccccc2[N+](=O)[O-])ccc1OCc1ccc(F)cc1. The van der Waals surface area contributed by atoms with Crippen LogP contribution in [0.4, 0.5) is 10.1 Å². The number of hydrazone groups is 1. The minimum absolute atomic E-state index is 0.116. The number of nitro benzene ring substituents is 1. The maximum Gasteiger partial charge on any atom is 0.273 e. The van der Waals surface area contributed by atoms with E-state index in [0.29, 0.717) is 29.2 Å². The van der Waals surface area contributed by atoms with Crippen LogP contribution in [0.1, 0.15) is 23.6 Å². The van der Waals surface area contributed by atoms with Crippen molar-refractivity contribution in [1.29, 1.82) is 0 Å². The molecule has 0 aliphatic rings. The van der Waals surface area contributed by atoms with Gasteiger partial charge >= 0.3 is 0 Å². The molecule has 0 heterocycles. The van der Waals surface area contributed by atoms with E-state index in [1.165, 1.54) is 30.5 Å². The van der Waals surface area contributed by atoms with Gasteiger partial charge in [-0.25, -0.2) is 9.82 Å². The summed E-state index contributed by atoms with van der Waals surface area (Å²) in [6.45, 7) is 2.50. The van der Waals surface area contributed by atoms with Gasteiger partial charge in [-0.3, -0.25) is 14.9 Å². The molecule has 1 N–H and O–H groups in total. The van der Waals surface area contributed by atoms with Crippen LogP contribution in [0.15, 0.2) is 71.8 Å². The van der Waals surface area contributed by atoms with Gasteiger partial charge < -0.3 is 9.47 Å². The first-order chi connectivity index (χ1) is 16.0. The molecule has 0 aliphatic carbocycles. The Morgan fingerprint density at radius 1 is 1.09 bits per heavy atom. The van der Waals surface area contributed by atoms with E-state index in [-0.39, 0.29) is 24.5 Å². The molecule has 3 aromatic carbocycles. The number of halogens is 1. The fraction of sp³-hybridized carbons (Fsp3) is 0.167. The molecule has 0 aliphatic heterocycles. The van der Waals surface area contributed by atoms with Gasteiger partial charge in [0.05, 0.1) is 24.2 Å². The van der Waals surface area contributed by atoms with E-state index in [2.05, 4.69) is 10.5 Å². The summed E-state index contributed by atoms with van der Waals surface area (Å²) in [5.41, 5.74) is 4.02. The Labute approximate surface area is 189 Å². The molecule has 0 bridgehead atoms. The molecule has 0 fully saturated rings. The number of rotatable bonds is 10. The summed E-state index contributed by atoms with van der Waals surface area (Å²) in [6.07, 6.45) is 1.26. The van der Waals surface area contributed by atoms with Crippen LogP contribution in [-0.2, 0) is 17.8 Å². The number of hydrogen-bond acceptors (Lipinski definition) is 6. The number of carbonyl (C=O) groups is 1. The number of benzene rings is 3. The van der Waals surface area contributed by atoms with Crippen molar-refractivity contribution in [2.45, 2.75) is 20.0 Å². The molecule has 9 heteroatoms. The molecular formula is C24H22FN3O5. The minimum atomic E-state index is -0.527. The Morgan fingerprint density at radius 2 is 1.85 bits per heavy atom. The van der Waals surface area contributed by atoms with Crippen molar-refractivity contribution in [3.63, 3.8) is 0 Å². The van der Waals surface area contributed by atoms with Crippen molar-refractivity contribution in [3.8, 4) is 11.5 Å². The number of amides is 1. The molecule has 8 nitrogen and oxygen atoms in total. The third-order valence-electron chi connectivity index (χ3n) is 4.52. The van der Waals surface area contributed by atoms with Crippen LogP contribution < -0.4 is 14.9 Å². The maximum absolute atomic E-state index is 13.0. The molecule has 170 valence electrons. The van der Waals surface area contributed by atoms with Crippen LogP contribution in [-0.4, -0.2) is 23.7 Å². The molecule has 0 spiro atoms. The van der Waals surface area contributed by atoms with Gasteiger partial charge in [0.1, 0.15) is 12.4 Å². The highest BCUT2D eigenvalue weighted by atomic mass is 19.1. The van der Waals surface area contributed by atoms with Gasteiger partial charge in [0.2, 0.25) is 5.91 Å². The lowest BCUT2D eigenvalue weighted by Crippen LogP contribution is -2.20. The van der Waals surface area contributed by atoms with Crippen molar-refractivity contribution in [2.24, 2.45) is 5.10 Å². The van der Waals surface area contributed by atoms with Crippen molar-refractivity contribution in [2.75, 3.05) is 6.61 Å². The van der Waals surface area contributed by atoms with E-state index in [1.807, 2.05) is 6.92 Å². The summed E-state index contributed by atoms with van der Waals surface area (Å²) in [5, 5.41) is 15.0. The number of nitro groups is 1. The van der Waals surface area contributed by atoms with Gasteiger partial charge in [0.15, 0.2) is 11.5 Å². The Kier molecular flexibility index (Phi) is 8.07. The van der Waals surface area contributed by atoms with Gasteiger partial charge in [-0.15, -0.1) is 0 Å². The normalized spacial score (nSPS) is 10.7. The standard InChI is InChI=1S/C24H22FN3O5/c1-2-32-23-13-18(9-12-22(23)33-16-17-7-10-20(25)11-8-17)15-26-27-24(29)14-19-5-3-4-6-21(19)28(30)31/h3-13,15H,2,14,16H2,1H3,(H,27,29)/b26-15+. The van der Waals surface area contributed by atoms with Crippen molar-refractivity contribution in [1.82, 2.24) is 5.43 Å². The number of para-hydroxylation sites is 1. The van der Waals surface area contributed by atoms with E-state index < -0.39 is 10.8 Å². The maximum atomic E-state index is 13.0. The fourth-order valence-electron chi connectivity index (χ4n) is 2.96. The molecule has 3 aromatic rings. The Bertz CT molecular complexity index is 1150. The van der Waals surface area contributed by atoms with Crippen LogP contribution >= 0.6 is 0 Å². The smallest absolute Gasteiger partial charge is 0.273 e.